The van der Waals surface area contributed by atoms with Crippen molar-refractivity contribution < 1.29 is 23.9 Å². The van der Waals surface area contributed by atoms with E-state index in [0.29, 0.717) is 45.0 Å². The molecule has 0 bridgehead atoms. The Bertz CT molecular complexity index is 1080. The number of esters is 2. The molecule has 0 amide bonds. The summed E-state index contributed by atoms with van der Waals surface area (Å²) in [6.07, 6.45) is 0.722. The quantitative estimate of drug-likeness (QED) is 0.255. The number of carbonyl (C=O) groups excluding carboxylic acids is 3. The largest absolute Gasteiger partial charge is 0.425 e. The molecule has 3 rings (SSSR count). The highest BCUT2D eigenvalue weighted by atomic mass is 16.5. The lowest BCUT2D eigenvalue weighted by atomic mass is 9.94. The van der Waals surface area contributed by atoms with E-state index in [1.54, 1.807) is 45.0 Å². The van der Waals surface area contributed by atoms with Gasteiger partial charge in [0.15, 0.2) is 5.78 Å². The van der Waals surface area contributed by atoms with Crippen molar-refractivity contribution in [2.75, 3.05) is 0 Å². The first-order valence-corrected chi connectivity index (χ1v) is 9.43. The van der Waals surface area contributed by atoms with Crippen LogP contribution in [-0.2, 0) is 9.59 Å². The Labute approximate surface area is 163 Å². The van der Waals surface area contributed by atoms with Crippen LogP contribution in [-0.4, -0.2) is 17.7 Å². The molecule has 0 aliphatic carbocycles. The first kappa shape index (κ1) is 19.5. The van der Waals surface area contributed by atoms with Crippen LogP contribution in [0.1, 0.15) is 50.4 Å². The van der Waals surface area contributed by atoms with Gasteiger partial charge in [-0.1, -0.05) is 63.2 Å². The smallest absolute Gasteiger partial charge is 0.310 e. The van der Waals surface area contributed by atoms with Gasteiger partial charge in [0.05, 0.1) is 0 Å². The molecule has 0 fully saturated rings. The van der Waals surface area contributed by atoms with Crippen molar-refractivity contribution in [2.45, 2.75) is 40.0 Å². The summed E-state index contributed by atoms with van der Waals surface area (Å²) in [5, 5.41) is 2.33. The average molecular weight is 378 g/mol. The van der Waals surface area contributed by atoms with E-state index in [-0.39, 0.29) is 24.6 Å². The predicted molar refractivity (Wildman–Crippen MR) is 108 cm³/mol. The fourth-order valence-corrected chi connectivity index (χ4v) is 3.16. The van der Waals surface area contributed by atoms with Gasteiger partial charge >= 0.3 is 11.9 Å². The summed E-state index contributed by atoms with van der Waals surface area (Å²) in [5.41, 5.74) is 0.443. The topological polar surface area (TPSA) is 69.7 Å². The van der Waals surface area contributed by atoms with E-state index in [1.807, 2.05) is 18.2 Å². The van der Waals surface area contributed by atoms with Gasteiger partial charge in [-0.25, -0.2) is 0 Å². The molecule has 0 unspecified atom stereocenters. The summed E-state index contributed by atoms with van der Waals surface area (Å²) in [6, 6.07) is 12.5. The molecule has 3 aromatic rings. The van der Waals surface area contributed by atoms with Crippen molar-refractivity contribution >= 4 is 39.3 Å². The van der Waals surface area contributed by atoms with Crippen LogP contribution >= 0.6 is 0 Å². The first-order chi connectivity index (χ1) is 13.5. The molecule has 0 aromatic heterocycles. The monoisotopic (exact) mass is 378 g/mol. The molecule has 0 saturated heterocycles. The fraction of sp³-hybridized carbons (Fsp3) is 0.261. The maximum absolute atomic E-state index is 12.6. The molecule has 0 saturated carbocycles. The van der Waals surface area contributed by atoms with Gasteiger partial charge in [0.1, 0.15) is 11.5 Å². The highest BCUT2D eigenvalue weighted by Crippen LogP contribution is 2.44. The molecule has 28 heavy (non-hydrogen) atoms. The third kappa shape index (κ3) is 3.48. The van der Waals surface area contributed by atoms with Crippen LogP contribution < -0.4 is 9.47 Å². The van der Waals surface area contributed by atoms with Crippen LogP contribution in [0.15, 0.2) is 42.5 Å². The molecular weight excluding hydrogens is 356 g/mol. The Hall–Kier alpha value is -3.21. The summed E-state index contributed by atoms with van der Waals surface area (Å²) in [6.45, 7) is 5.20. The highest BCUT2D eigenvalue weighted by Gasteiger charge is 2.23. The van der Waals surface area contributed by atoms with E-state index in [0.717, 1.165) is 0 Å². The number of fused-ring (bicyclic) bond motifs is 2. The van der Waals surface area contributed by atoms with Gasteiger partial charge < -0.3 is 9.47 Å². The number of ketones is 1. The molecule has 3 aromatic carbocycles. The molecule has 5 nitrogen and oxygen atoms in total. The van der Waals surface area contributed by atoms with E-state index < -0.39 is 5.97 Å². The maximum atomic E-state index is 12.6. The van der Waals surface area contributed by atoms with Crippen LogP contribution in [0.25, 0.3) is 21.5 Å². The van der Waals surface area contributed by atoms with Gasteiger partial charge in [0.2, 0.25) is 0 Å². The molecule has 0 radical (unpaired) electrons. The Morgan fingerprint density at radius 3 is 1.79 bits per heavy atom. The van der Waals surface area contributed by atoms with Crippen molar-refractivity contribution in [1.29, 1.82) is 0 Å². The molecular formula is C23H22O5. The minimum absolute atomic E-state index is 0.0811. The number of hydrogen-bond donors (Lipinski definition) is 0. The number of carbonyl (C=O) groups is 3. The summed E-state index contributed by atoms with van der Waals surface area (Å²) in [7, 11) is 0. The van der Waals surface area contributed by atoms with Gasteiger partial charge in [-0.05, 0) is 0 Å². The zero-order valence-electron chi connectivity index (χ0n) is 16.2. The van der Waals surface area contributed by atoms with Crippen LogP contribution in [0.4, 0.5) is 0 Å². The SMILES string of the molecule is CCC(=O)Oc1c2ccccc2c(OC(=O)CC)c2c(C(=O)CC)cccc12. The predicted octanol–water partition coefficient (Wildman–Crippen LogP) is 5.22. The first-order valence-electron chi connectivity index (χ1n) is 9.43. The van der Waals surface area contributed by atoms with E-state index in [1.165, 1.54) is 0 Å². The molecule has 0 N–H and O–H groups in total. The van der Waals surface area contributed by atoms with Crippen molar-refractivity contribution in [3.8, 4) is 11.5 Å². The third-order valence-corrected chi connectivity index (χ3v) is 4.58. The minimum Gasteiger partial charge on any atom is -0.425 e. The molecule has 0 spiro atoms. The van der Waals surface area contributed by atoms with Crippen LogP contribution in [0.2, 0.25) is 0 Å². The van der Waals surface area contributed by atoms with E-state index >= 15 is 0 Å². The average Bonchev–Trinajstić information content (AvgIpc) is 2.74. The summed E-state index contributed by atoms with van der Waals surface area (Å²) in [5.74, 6) is -0.159. The van der Waals surface area contributed by atoms with Gasteiger partial charge in [0, 0.05) is 46.4 Å². The number of Topliss-reactive ketones (excluding diaryl/α,β-unsaturated/α-hetero) is 1. The van der Waals surface area contributed by atoms with Crippen LogP contribution in [0.5, 0.6) is 11.5 Å². The Balaban J connectivity index is 2.49. The molecule has 144 valence electrons. The van der Waals surface area contributed by atoms with E-state index in [4.69, 9.17) is 9.47 Å². The number of benzene rings is 3. The normalized spacial score (nSPS) is 10.8. The lowest BCUT2D eigenvalue weighted by Gasteiger charge is -2.18. The zero-order valence-corrected chi connectivity index (χ0v) is 16.2. The molecule has 0 aliphatic rings. The van der Waals surface area contributed by atoms with Gasteiger partial charge in [-0.2, -0.15) is 0 Å². The second-order valence-electron chi connectivity index (χ2n) is 6.36. The molecule has 0 heterocycles. The Kier molecular flexibility index (Phi) is 5.73. The lowest BCUT2D eigenvalue weighted by molar-refractivity contribution is -0.134. The number of hydrogen-bond acceptors (Lipinski definition) is 5. The van der Waals surface area contributed by atoms with Crippen LogP contribution in [0, 0.1) is 0 Å². The zero-order chi connectivity index (χ0) is 20.3. The van der Waals surface area contributed by atoms with E-state index in [2.05, 4.69) is 0 Å². The number of ether oxygens (including phenoxy) is 2. The third-order valence-electron chi connectivity index (χ3n) is 4.58. The lowest BCUT2D eigenvalue weighted by Crippen LogP contribution is -2.10. The van der Waals surface area contributed by atoms with Gasteiger partial charge in [-0.15, -0.1) is 0 Å². The van der Waals surface area contributed by atoms with Gasteiger partial charge in [0.25, 0.3) is 0 Å². The number of rotatable bonds is 6. The highest BCUT2D eigenvalue weighted by molar-refractivity contribution is 6.19. The van der Waals surface area contributed by atoms with Crippen molar-refractivity contribution in [1.82, 2.24) is 0 Å². The Morgan fingerprint density at radius 1 is 0.679 bits per heavy atom. The molecule has 0 atom stereocenters. The summed E-state index contributed by atoms with van der Waals surface area (Å²) in [4.78, 5) is 36.8. The standard InChI is InChI=1S/C23H22O5/c1-4-18(24)16-12-9-13-17-21(16)23(28-20(26)6-3)15-11-8-7-10-14(15)22(17)27-19(25)5-2/h7-13H,4-6H2,1-3H3. The minimum atomic E-state index is -0.400. The molecule has 0 aliphatic heterocycles. The van der Waals surface area contributed by atoms with Crippen molar-refractivity contribution in [3.63, 3.8) is 0 Å². The second kappa shape index (κ2) is 8.21. The second-order valence-corrected chi connectivity index (χ2v) is 6.36. The fourth-order valence-electron chi connectivity index (χ4n) is 3.16. The summed E-state index contributed by atoms with van der Waals surface area (Å²) < 4.78 is 11.3. The van der Waals surface area contributed by atoms with E-state index in [9.17, 15) is 14.4 Å². The van der Waals surface area contributed by atoms with Gasteiger partial charge in [-0.3, -0.25) is 14.4 Å². The van der Waals surface area contributed by atoms with Crippen molar-refractivity contribution in [3.05, 3.63) is 48.0 Å². The van der Waals surface area contributed by atoms with Crippen molar-refractivity contribution in [2.24, 2.45) is 0 Å². The maximum Gasteiger partial charge on any atom is 0.310 e. The summed E-state index contributed by atoms with van der Waals surface area (Å²) >= 11 is 0. The molecule has 5 heteroatoms. The van der Waals surface area contributed by atoms with Crippen LogP contribution in [0.3, 0.4) is 0 Å². The Morgan fingerprint density at radius 2 is 1.21 bits per heavy atom.